The summed E-state index contributed by atoms with van der Waals surface area (Å²) in [5.74, 6) is -1.29. The summed E-state index contributed by atoms with van der Waals surface area (Å²) < 4.78 is 38.7. The Kier molecular flexibility index (Phi) is 3.95. The summed E-state index contributed by atoms with van der Waals surface area (Å²) in [7, 11) is 0. The number of hydrogen-bond acceptors (Lipinski definition) is 4. The highest BCUT2D eigenvalue weighted by Gasteiger charge is 2.37. The summed E-state index contributed by atoms with van der Waals surface area (Å²) in [6.45, 7) is 0. The first-order chi connectivity index (χ1) is 9.29. The first-order valence-electron chi connectivity index (χ1n) is 5.06. The van der Waals surface area contributed by atoms with E-state index in [4.69, 9.17) is 0 Å². The van der Waals surface area contributed by atoms with Crippen LogP contribution in [0.4, 0.5) is 13.2 Å². The molecule has 0 bridgehead atoms. The summed E-state index contributed by atoms with van der Waals surface area (Å²) in [5, 5.41) is 18.1. The van der Waals surface area contributed by atoms with Gasteiger partial charge in [-0.25, -0.2) is 5.10 Å². The second-order valence-corrected chi connectivity index (χ2v) is 4.85. The van der Waals surface area contributed by atoms with Crippen molar-refractivity contribution in [3.05, 3.63) is 38.8 Å². The smallest absolute Gasteiger partial charge is 0.453 e. The van der Waals surface area contributed by atoms with Crippen molar-refractivity contribution in [1.29, 1.82) is 0 Å². The minimum Gasteiger partial charge on any atom is -0.508 e. The molecule has 1 aromatic heterocycles. The van der Waals surface area contributed by atoms with Gasteiger partial charge in [-0.2, -0.15) is 22.9 Å². The molecule has 0 aliphatic heterocycles. The Balaban J connectivity index is 2.45. The lowest BCUT2D eigenvalue weighted by Crippen LogP contribution is -2.12. The minimum atomic E-state index is -4.68. The summed E-state index contributed by atoms with van der Waals surface area (Å²) in [6.07, 6.45) is -3.55. The lowest BCUT2D eigenvalue weighted by molar-refractivity contribution is -0.147. The third-order valence-electron chi connectivity index (χ3n) is 2.20. The molecule has 0 spiro atoms. The van der Waals surface area contributed by atoms with Crippen molar-refractivity contribution in [2.24, 2.45) is 5.10 Å². The number of H-pyrrole nitrogens is 1. The van der Waals surface area contributed by atoms with E-state index < -0.39 is 12.0 Å². The fourth-order valence-electron chi connectivity index (χ4n) is 1.33. The summed E-state index contributed by atoms with van der Waals surface area (Å²) in [5.41, 5.74) is 0.390. The summed E-state index contributed by atoms with van der Waals surface area (Å²) >= 11 is 7.87. The van der Waals surface area contributed by atoms with Gasteiger partial charge in [0.25, 0.3) is 5.82 Å². The molecule has 0 unspecified atom stereocenters. The van der Waals surface area contributed by atoms with Gasteiger partial charge in [-0.05, 0) is 30.4 Å². The van der Waals surface area contributed by atoms with E-state index in [1.165, 1.54) is 18.2 Å². The number of phenolic OH excluding ortho intramolecular Hbond substituents is 1. The van der Waals surface area contributed by atoms with Gasteiger partial charge >= 0.3 is 6.18 Å². The van der Waals surface area contributed by atoms with Crippen LogP contribution in [0.15, 0.2) is 27.8 Å². The van der Waals surface area contributed by atoms with Crippen LogP contribution in [-0.2, 0) is 6.18 Å². The summed E-state index contributed by atoms with van der Waals surface area (Å²) in [6, 6.07) is 4.30. The van der Waals surface area contributed by atoms with Crippen LogP contribution in [-0.4, -0.2) is 26.2 Å². The van der Waals surface area contributed by atoms with Crippen molar-refractivity contribution >= 4 is 34.4 Å². The molecule has 5 nitrogen and oxygen atoms in total. The third-order valence-corrected chi connectivity index (χ3v) is 3.18. The van der Waals surface area contributed by atoms with Crippen molar-refractivity contribution in [2.45, 2.75) is 6.18 Å². The average Bonchev–Trinajstić information content (AvgIpc) is 2.72. The third kappa shape index (κ3) is 3.07. The number of hydrogen-bond donors (Lipinski definition) is 2. The van der Waals surface area contributed by atoms with Crippen molar-refractivity contribution in [3.8, 4) is 5.75 Å². The van der Waals surface area contributed by atoms with Gasteiger partial charge < -0.3 is 5.11 Å². The van der Waals surface area contributed by atoms with Gasteiger partial charge in [0.15, 0.2) is 0 Å². The Hall–Kier alpha value is -1.68. The number of rotatable bonds is 2. The first-order valence-corrected chi connectivity index (χ1v) is 6.26. The molecule has 20 heavy (non-hydrogen) atoms. The predicted octanol–water partition coefficient (Wildman–Crippen LogP) is 3.31. The first kappa shape index (κ1) is 14.7. The molecule has 2 aromatic rings. The summed E-state index contributed by atoms with van der Waals surface area (Å²) in [4.78, 5) is 0. The number of alkyl halides is 3. The maximum Gasteiger partial charge on any atom is 0.453 e. The highest BCUT2D eigenvalue weighted by molar-refractivity contribution is 9.10. The molecule has 0 aliphatic rings. The molecule has 0 saturated heterocycles. The van der Waals surface area contributed by atoms with Gasteiger partial charge in [0.05, 0.1) is 6.21 Å². The number of halogens is 4. The van der Waals surface area contributed by atoms with Gasteiger partial charge in [0.1, 0.15) is 5.75 Å². The van der Waals surface area contributed by atoms with Crippen molar-refractivity contribution < 1.29 is 18.3 Å². The number of nitrogens with one attached hydrogen (secondary N) is 1. The Labute approximate surface area is 123 Å². The van der Waals surface area contributed by atoms with Crippen LogP contribution in [0.3, 0.4) is 0 Å². The maximum atomic E-state index is 12.7. The fraction of sp³-hybridized carbons (Fsp3) is 0.100. The maximum absolute atomic E-state index is 12.7. The second kappa shape index (κ2) is 5.37. The number of aromatic nitrogens is 3. The SMILES string of the molecule is Oc1ccc(Br)c(C=Nn2c(C(F)(F)F)n[nH]c2=S)c1. The topological polar surface area (TPSA) is 66.2 Å². The van der Waals surface area contributed by atoms with Gasteiger partial charge in [-0.15, -0.1) is 5.10 Å². The van der Waals surface area contributed by atoms with Crippen LogP contribution in [0.1, 0.15) is 11.4 Å². The van der Waals surface area contributed by atoms with Crippen LogP contribution in [0.2, 0.25) is 0 Å². The standard InChI is InChI=1S/C10H6BrF3N4OS/c11-7-2-1-6(19)3-5(7)4-15-18-8(10(12,13)14)16-17-9(18)20/h1-4,19H,(H,17,20). The van der Waals surface area contributed by atoms with Crippen molar-refractivity contribution in [2.75, 3.05) is 0 Å². The van der Waals surface area contributed by atoms with Crippen LogP contribution < -0.4 is 0 Å². The van der Waals surface area contributed by atoms with Crippen LogP contribution in [0.25, 0.3) is 0 Å². The van der Waals surface area contributed by atoms with Crippen molar-refractivity contribution in [3.63, 3.8) is 0 Å². The molecule has 0 amide bonds. The zero-order valence-electron chi connectivity index (χ0n) is 9.52. The molecule has 1 heterocycles. The van der Waals surface area contributed by atoms with Crippen LogP contribution in [0, 0.1) is 4.77 Å². The molecule has 2 rings (SSSR count). The second-order valence-electron chi connectivity index (χ2n) is 3.61. The van der Waals surface area contributed by atoms with E-state index in [1.807, 2.05) is 5.10 Å². The molecule has 0 saturated carbocycles. The van der Waals surface area contributed by atoms with E-state index >= 15 is 0 Å². The molecular formula is C10H6BrF3N4OS. The molecule has 0 fully saturated rings. The van der Waals surface area contributed by atoms with E-state index in [0.29, 0.717) is 14.7 Å². The Morgan fingerprint density at radius 2 is 2.15 bits per heavy atom. The molecule has 2 N–H and O–H groups in total. The van der Waals surface area contributed by atoms with Crippen LogP contribution >= 0.6 is 28.1 Å². The zero-order valence-corrected chi connectivity index (χ0v) is 11.9. The van der Waals surface area contributed by atoms with Gasteiger partial charge in [0.2, 0.25) is 4.77 Å². The fourth-order valence-corrected chi connectivity index (χ4v) is 1.86. The normalized spacial score (nSPS) is 12.2. The Bertz CT molecular complexity index is 722. The molecule has 0 radical (unpaired) electrons. The molecule has 0 atom stereocenters. The molecular weight excluding hydrogens is 361 g/mol. The highest BCUT2D eigenvalue weighted by atomic mass is 79.9. The van der Waals surface area contributed by atoms with E-state index in [0.717, 1.165) is 6.21 Å². The molecule has 106 valence electrons. The quantitative estimate of drug-likeness (QED) is 0.632. The molecule has 1 aromatic carbocycles. The van der Waals surface area contributed by atoms with Gasteiger partial charge in [-0.1, -0.05) is 15.9 Å². The monoisotopic (exact) mass is 366 g/mol. The van der Waals surface area contributed by atoms with Crippen molar-refractivity contribution in [1.82, 2.24) is 14.9 Å². The molecule has 0 aliphatic carbocycles. The number of aromatic amines is 1. The lowest BCUT2D eigenvalue weighted by Gasteiger charge is -2.04. The lowest BCUT2D eigenvalue weighted by atomic mass is 10.2. The van der Waals surface area contributed by atoms with E-state index in [2.05, 4.69) is 38.3 Å². The number of phenols is 1. The van der Waals surface area contributed by atoms with E-state index in [-0.39, 0.29) is 10.5 Å². The average molecular weight is 367 g/mol. The zero-order chi connectivity index (χ0) is 14.9. The van der Waals surface area contributed by atoms with Crippen LogP contribution in [0.5, 0.6) is 5.75 Å². The number of nitrogens with zero attached hydrogens (tertiary/aromatic N) is 3. The number of aromatic hydroxyl groups is 1. The molecule has 10 heteroatoms. The highest BCUT2D eigenvalue weighted by Crippen LogP contribution is 2.27. The minimum absolute atomic E-state index is 0.0403. The largest absolute Gasteiger partial charge is 0.508 e. The Morgan fingerprint density at radius 1 is 1.45 bits per heavy atom. The number of benzene rings is 1. The van der Waals surface area contributed by atoms with E-state index in [9.17, 15) is 18.3 Å². The Morgan fingerprint density at radius 3 is 2.80 bits per heavy atom. The van der Waals surface area contributed by atoms with E-state index in [1.54, 1.807) is 0 Å². The predicted molar refractivity (Wildman–Crippen MR) is 71.2 cm³/mol. The van der Waals surface area contributed by atoms with Gasteiger partial charge in [0, 0.05) is 10.0 Å². The van der Waals surface area contributed by atoms with Gasteiger partial charge in [-0.3, -0.25) is 0 Å².